The van der Waals surface area contributed by atoms with Crippen molar-refractivity contribution in [2.75, 3.05) is 19.7 Å². The Morgan fingerprint density at radius 2 is 1.74 bits per heavy atom. The van der Waals surface area contributed by atoms with E-state index in [1.165, 1.54) is 18.4 Å². The van der Waals surface area contributed by atoms with Crippen molar-refractivity contribution in [3.8, 4) is 5.75 Å². The maximum Gasteiger partial charge on any atom is 0.260 e. The van der Waals surface area contributed by atoms with E-state index in [4.69, 9.17) is 4.74 Å². The summed E-state index contributed by atoms with van der Waals surface area (Å²) in [6.45, 7) is 4.05. The zero-order valence-corrected chi connectivity index (χ0v) is 11.7. The fourth-order valence-electron chi connectivity index (χ4n) is 2.38. The van der Waals surface area contributed by atoms with E-state index in [1.54, 1.807) is 0 Å². The molecule has 0 radical (unpaired) electrons. The fourth-order valence-corrected chi connectivity index (χ4v) is 2.38. The van der Waals surface area contributed by atoms with Crippen LogP contribution in [-0.4, -0.2) is 30.5 Å². The molecule has 0 spiro atoms. The van der Waals surface area contributed by atoms with Gasteiger partial charge in [-0.2, -0.15) is 0 Å². The van der Waals surface area contributed by atoms with Crippen LogP contribution < -0.4 is 4.74 Å². The summed E-state index contributed by atoms with van der Waals surface area (Å²) in [5, 5.41) is 0. The average molecular weight is 261 g/mol. The Hall–Kier alpha value is -1.51. The molecule has 1 saturated heterocycles. The molecule has 0 N–H and O–H groups in total. The van der Waals surface area contributed by atoms with Crippen molar-refractivity contribution >= 4 is 5.91 Å². The standard InChI is InChI=1S/C16H23NO2/c1-2-14-7-9-15(10-8-14)19-13-16(18)17-11-5-3-4-6-12-17/h7-10H,2-6,11-13H2,1H3. The molecular weight excluding hydrogens is 238 g/mol. The maximum atomic E-state index is 12.0. The summed E-state index contributed by atoms with van der Waals surface area (Å²) < 4.78 is 5.57. The number of nitrogens with zero attached hydrogens (tertiary/aromatic N) is 1. The molecule has 0 bridgehead atoms. The van der Waals surface area contributed by atoms with E-state index in [0.29, 0.717) is 0 Å². The third kappa shape index (κ3) is 4.27. The van der Waals surface area contributed by atoms with E-state index in [0.717, 1.165) is 38.1 Å². The van der Waals surface area contributed by atoms with Gasteiger partial charge in [0.25, 0.3) is 5.91 Å². The number of rotatable bonds is 4. The van der Waals surface area contributed by atoms with Crippen molar-refractivity contribution in [1.29, 1.82) is 0 Å². The number of hydrogen-bond acceptors (Lipinski definition) is 2. The van der Waals surface area contributed by atoms with E-state index >= 15 is 0 Å². The van der Waals surface area contributed by atoms with Gasteiger partial charge in [-0.3, -0.25) is 4.79 Å². The third-order valence-electron chi connectivity index (χ3n) is 3.65. The van der Waals surface area contributed by atoms with E-state index in [-0.39, 0.29) is 12.5 Å². The molecule has 1 fully saturated rings. The minimum Gasteiger partial charge on any atom is -0.484 e. The molecule has 0 aromatic heterocycles. The van der Waals surface area contributed by atoms with Gasteiger partial charge in [0, 0.05) is 13.1 Å². The van der Waals surface area contributed by atoms with Gasteiger partial charge in [-0.05, 0) is 37.0 Å². The number of aryl methyl sites for hydroxylation is 1. The molecule has 0 atom stereocenters. The second-order valence-corrected chi connectivity index (χ2v) is 5.08. The second-order valence-electron chi connectivity index (χ2n) is 5.08. The Balaban J connectivity index is 1.81. The Labute approximate surface area is 115 Å². The predicted octanol–water partition coefficient (Wildman–Crippen LogP) is 3.03. The van der Waals surface area contributed by atoms with Crippen LogP contribution in [-0.2, 0) is 11.2 Å². The van der Waals surface area contributed by atoms with Crippen molar-refractivity contribution in [2.45, 2.75) is 39.0 Å². The van der Waals surface area contributed by atoms with Gasteiger partial charge in [0.05, 0.1) is 0 Å². The van der Waals surface area contributed by atoms with Crippen LogP contribution in [0.2, 0.25) is 0 Å². The van der Waals surface area contributed by atoms with Crippen LogP contribution in [0.1, 0.15) is 38.2 Å². The normalized spacial score (nSPS) is 15.9. The first-order chi connectivity index (χ1) is 9.29. The highest BCUT2D eigenvalue weighted by molar-refractivity contribution is 5.77. The molecule has 0 unspecified atom stereocenters. The lowest BCUT2D eigenvalue weighted by Gasteiger charge is -2.20. The number of carbonyl (C=O) groups is 1. The van der Waals surface area contributed by atoms with Crippen molar-refractivity contribution in [2.24, 2.45) is 0 Å². The molecule has 1 aromatic carbocycles. The van der Waals surface area contributed by atoms with Crippen LogP contribution in [0.25, 0.3) is 0 Å². The summed E-state index contributed by atoms with van der Waals surface area (Å²) >= 11 is 0. The summed E-state index contributed by atoms with van der Waals surface area (Å²) in [7, 11) is 0. The molecule has 2 rings (SSSR count). The van der Waals surface area contributed by atoms with Gasteiger partial charge in [0.15, 0.2) is 6.61 Å². The van der Waals surface area contributed by atoms with Gasteiger partial charge in [0.1, 0.15) is 5.75 Å². The molecule has 0 saturated carbocycles. The molecule has 0 aliphatic carbocycles. The number of benzene rings is 1. The van der Waals surface area contributed by atoms with Gasteiger partial charge < -0.3 is 9.64 Å². The number of amides is 1. The lowest BCUT2D eigenvalue weighted by Crippen LogP contribution is -2.35. The van der Waals surface area contributed by atoms with E-state index in [2.05, 4.69) is 6.92 Å². The van der Waals surface area contributed by atoms with Gasteiger partial charge in [0.2, 0.25) is 0 Å². The van der Waals surface area contributed by atoms with Gasteiger partial charge in [-0.1, -0.05) is 31.9 Å². The van der Waals surface area contributed by atoms with E-state index < -0.39 is 0 Å². The van der Waals surface area contributed by atoms with Crippen molar-refractivity contribution in [3.63, 3.8) is 0 Å². The largest absolute Gasteiger partial charge is 0.484 e. The van der Waals surface area contributed by atoms with E-state index in [1.807, 2.05) is 29.2 Å². The highest BCUT2D eigenvalue weighted by atomic mass is 16.5. The highest BCUT2D eigenvalue weighted by Gasteiger charge is 2.15. The SMILES string of the molecule is CCc1ccc(OCC(=O)N2CCCCCC2)cc1. The summed E-state index contributed by atoms with van der Waals surface area (Å²) in [6, 6.07) is 7.97. The molecule has 1 aliphatic heterocycles. The zero-order chi connectivity index (χ0) is 13.5. The first-order valence-corrected chi connectivity index (χ1v) is 7.29. The first-order valence-electron chi connectivity index (χ1n) is 7.29. The van der Waals surface area contributed by atoms with Crippen LogP contribution in [0, 0.1) is 0 Å². The topological polar surface area (TPSA) is 29.5 Å². The molecule has 19 heavy (non-hydrogen) atoms. The smallest absolute Gasteiger partial charge is 0.260 e. The Bertz CT molecular complexity index is 392. The van der Waals surface area contributed by atoms with Crippen LogP contribution in [0.15, 0.2) is 24.3 Å². The monoisotopic (exact) mass is 261 g/mol. The van der Waals surface area contributed by atoms with Crippen LogP contribution in [0.5, 0.6) is 5.75 Å². The number of carbonyl (C=O) groups excluding carboxylic acids is 1. The average Bonchev–Trinajstić information content (AvgIpc) is 2.74. The molecule has 3 heteroatoms. The molecular formula is C16H23NO2. The second kappa shape index (κ2) is 7.17. The number of likely N-dealkylation sites (tertiary alicyclic amines) is 1. The minimum atomic E-state index is 0.112. The lowest BCUT2D eigenvalue weighted by molar-refractivity contribution is -0.133. The fraction of sp³-hybridized carbons (Fsp3) is 0.562. The van der Waals surface area contributed by atoms with Crippen LogP contribution >= 0.6 is 0 Å². The van der Waals surface area contributed by atoms with Crippen molar-refractivity contribution < 1.29 is 9.53 Å². The van der Waals surface area contributed by atoms with Gasteiger partial charge >= 0.3 is 0 Å². The van der Waals surface area contributed by atoms with Crippen molar-refractivity contribution in [1.82, 2.24) is 4.90 Å². The van der Waals surface area contributed by atoms with Gasteiger partial charge in [-0.15, -0.1) is 0 Å². The summed E-state index contributed by atoms with van der Waals surface area (Å²) in [6.07, 6.45) is 5.74. The van der Waals surface area contributed by atoms with Crippen molar-refractivity contribution in [3.05, 3.63) is 29.8 Å². The lowest BCUT2D eigenvalue weighted by atomic mass is 10.2. The van der Waals surface area contributed by atoms with Gasteiger partial charge in [-0.25, -0.2) is 0 Å². The molecule has 1 aliphatic rings. The maximum absolute atomic E-state index is 12.0. The quantitative estimate of drug-likeness (QED) is 0.833. The zero-order valence-electron chi connectivity index (χ0n) is 11.7. The molecule has 1 aromatic rings. The van der Waals surface area contributed by atoms with E-state index in [9.17, 15) is 4.79 Å². The number of ether oxygens (including phenoxy) is 1. The minimum absolute atomic E-state index is 0.112. The summed E-state index contributed by atoms with van der Waals surface area (Å²) in [4.78, 5) is 14.0. The van der Waals surface area contributed by atoms with Crippen LogP contribution in [0.3, 0.4) is 0 Å². The Morgan fingerprint density at radius 3 is 2.32 bits per heavy atom. The molecule has 1 amide bonds. The number of hydrogen-bond donors (Lipinski definition) is 0. The predicted molar refractivity (Wildman–Crippen MR) is 76.4 cm³/mol. The highest BCUT2D eigenvalue weighted by Crippen LogP contribution is 2.14. The molecule has 104 valence electrons. The molecule has 3 nitrogen and oxygen atoms in total. The summed E-state index contributed by atoms with van der Waals surface area (Å²) in [5.74, 6) is 0.891. The summed E-state index contributed by atoms with van der Waals surface area (Å²) in [5.41, 5.74) is 1.28. The molecule has 1 heterocycles. The Morgan fingerprint density at radius 1 is 1.11 bits per heavy atom. The Kier molecular flexibility index (Phi) is 5.25. The third-order valence-corrected chi connectivity index (χ3v) is 3.65. The first kappa shape index (κ1) is 13.9. The van der Waals surface area contributed by atoms with Crippen LogP contribution in [0.4, 0.5) is 0 Å².